The first-order valence-corrected chi connectivity index (χ1v) is 5.93. The Bertz CT molecular complexity index is 250. The van der Waals surface area contributed by atoms with E-state index in [-0.39, 0.29) is 6.61 Å². The van der Waals surface area contributed by atoms with Gasteiger partial charge in [0.25, 0.3) is 0 Å². The Labute approximate surface area is 89.2 Å². The van der Waals surface area contributed by atoms with Crippen molar-refractivity contribution in [2.45, 2.75) is 26.2 Å². The van der Waals surface area contributed by atoms with Gasteiger partial charge in [0.15, 0.2) is 0 Å². The first-order valence-electron chi connectivity index (χ1n) is 5.05. The van der Waals surface area contributed by atoms with Gasteiger partial charge in [-0.1, -0.05) is 0 Å². The number of aliphatic hydroxyl groups excluding tert-OH is 1. The van der Waals surface area contributed by atoms with Crippen LogP contribution in [0.25, 0.3) is 0 Å². The summed E-state index contributed by atoms with van der Waals surface area (Å²) in [5.41, 5.74) is 1.22. The van der Waals surface area contributed by atoms with Crippen molar-refractivity contribution < 1.29 is 5.11 Å². The van der Waals surface area contributed by atoms with Crippen LogP contribution in [0.15, 0.2) is 5.38 Å². The minimum atomic E-state index is 0.227. The van der Waals surface area contributed by atoms with Gasteiger partial charge in [0.2, 0.25) is 0 Å². The molecule has 0 fully saturated rings. The minimum absolute atomic E-state index is 0.227. The van der Waals surface area contributed by atoms with Crippen LogP contribution in [0.4, 0.5) is 0 Å². The first kappa shape index (κ1) is 11.6. The van der Waals surface area contributed by atoms with Crippen molar-refractivity contribution in [3.63, 3.8) is 0 Å². The second-order valence-corrected chi connectivity index (χ2v) is 4.35. The molecule has 4 heteroatoms. The number of hydrogen-bond donors (Lipinski definition) is 2. The van der Waals surface area contributed by atoms with E-state index in [1.807, 2.05) is 6.92 Å². The van der Waals surface area contributed by atoms with Crippen LogP contribution in [0.3, 0.4) is 0 Å². The Morgan fingerprint density at radius 1 is 1.43 bits per heavy atom. The number of nitrogens with zero attached hydrogens (tertiary/aromatic N) is 1. The number of aryl methyl sites for hydroxylation is 2. The van der Waals surface area contributed by atoms with Gasteiger partial charge in [-0.25, -0.2) is 4.98 Å². The number of nitrogens with one attached hydrogen (secondary N) is 1. The number of hydrogen-bond acceptors (Lipinski definition) is 4. The molecule has 0 radical (unpaired) electrons. The molecule has 14 heavy (non-hydrogen) atoms. The molecule has 0 spiro atoms. The second kappa shape index (κ2) is 6.92. The molecule has 0 aliphatic carbocycles. The molecule has 0 unspecified atom stereocenters. The zero-order valence-electron chi connectivity index (χ0n) is 8.62. The fourth-order valence-corrected chi connectivity index (χ4v) is 1.93. The van der Waals surface area contributed by atoms with Gasteiger partial charge < -0.3 is 10.4 Å². The highest BCUT2D eigenvalue weighted by Crippen LogP contribution is 2.10. The molecule has 0 saturated carbocycles. The van der Waals surface area contributed by atoms with E-state index in [2.05, 4.69) is 15.7 Å². The topological polar surface area (TPSA) is 45.2 Å². The van der Waals surface area contributed by atoms with Crippen molar-refractivity contribution in [1.29, 1.82) is 0 Å². The molecule has 0 atom stereocenters. The Kier molecular flexibility index (Phi) is 5.75. The van der Waals surface area contributed by atoms with Crippen molar-refractivity contribution in [2.24, 2.45) is 0 Å². The van der Waals surface area contributed by atoms with E-state index in [9.17, 15) is 0 Å². The fraction of sp³-hybridized carbons (Fsp3) is 0.700. The van der Waals surface area contributed by atoms with E-state index in [0.29, 0.717) is 6.54 Å². The summed E-state index contributed by atoms with van der Waals surface area (Å²) < 4.78 is 0. The smallest absolute Gasteiger partial charge is 0.0897 e. The maximum atomic E-state index is 8.53. The molecule has 0 aliphatic heterocycles. The molecule has 0 bridgehead atoms. The van der Waals surface area contributed by atoms with E-state index >= 15 is 0 Å². The lowest BCUT2D eigenvalue weighted by atomic mass is 10.2. The van der Waals surface area contributed by atoms with Crippen molar-refractivity contribution in [3.05, 3.63) is 16.1 Å². The normalized spacial score (nSPS) is 10.7. The minimum Gasteiger partial charge on any atom is -0.395 e. The summed E-state index contributed by atoms with van der Waals surface area (Å²) in [5, 5.41) is 15.0. The predicted octanol–water partition coefficient (Wildman–Crippen LogP) is 1.36. The molecule has 0 amide bonds. The maximum Gasteiger partial charge on any atom is 0.0897 e. The molecule has 1 heterocycles. The van der Waals surface area contributed by atoms with Gasteiger partial charge >= 0.3 is 0 Å². The summed E-state index contributed by atoms with van der Waals surface area (Å²) >= 11 is 1.72. The maximum absolute atomic E-state index is 8.53. The monoisotopic (exact) mass is 214 g/mol. The third kappa shape index (κ3) is 4.69. The fourth-order valence-electron chi connectivity index (χ4n) is 1.28. The molecule has 1 rings (SSSR count). The van der Waals surface area contributed by atoms with E-state index in [4.69, 9.17) is 5.11 Å². The SMILES string of the molecule is Cc1nc(CCCCNCCO)cs1. The second-order valence-electron chi connectivity index (χ2n) is 3.29. The molecule has 2 N–H and O–H groups in total. The van der Waals surface area contributed by atoms with Crippen molar-refractivity contribution in [3.8, 4) is 0 Å². The van der Waals surface area contributed by atoms with Crippen LogP contribution < -0.4 is 5.32 Å². The lowest BCUT2D eigenvalue weighted by Crippen LogP contribution is -2.19. The Morgan fingerprint density at radius 2 is 2.29 bits per heavy atom. The lowest BCUT2D eigenvalue weighted by molar-refractivity contribution is 0.292. The molecule has 0 saturated heterocycles. The number of aromatic nitrogens is 1. The summed E-state index contributed by atoms with van der Waals surface area (Å²) in [7, 11) is 0. The molecule has 3 nitrogen and oxygen atoms in total. The summed E-state index contributed by atoms with van der Waals surface area (Å²) in [4.78, 5) is 4.40. The Morgan fingerprint density at radius 3 is 2.93 bits per heavy atom. The third-order valence-corrected chi connectivity index (χ3v) is 2.81. The molecule has 80 valence electrons. The predicted molar refractivity (Wildman–Crippen MR) is 59.7 cm³/mol. The quantitative estimate of drug-likeness (QED) is 0.674. The van der Waals surface area contributed by atoms with Gasteiger partial charge in [-0.05, 0) is 32.7 Å². The number of thiazole rings is 1. The molecule has 0 aliphatic rings. The van der Waals surface area contributed by atoms with Crippen LogP contribution in [-0.2, 0) is 6.42 Å². The largest absolute Gasteiger partial charge is 0.395 e. The standard InChI is InChI=1S/C10H18N2OS/c1-9-12-10(8-14-9)4-2-3-5-11-6-7-13/h8,11,13H,2-7H2,1H3. The summed E-state index contributed by atoms with van der Waals surface area (Å²) in [6, 6.07) is 0. The van der Waals surface area contributed by atoms with Crippen LogP contribution in [0.5, 0.6) is 0 Å². The van der Waals surface area contributed by atoms with Crippen molar-refractivity contribution in [1.82, 2.24) is 10.3 Å². The van der Waals surface area contributed by atoms with Crippen LogP contribution >= 0.6 is 11.3 Å². The summed E-state index contributed by atoms with van der Waals surface area (Å²) in [6.07, 6.45) is 3.39. The van der Waals surface area contributed by atoms with Crippen LogP contribution in [0.1, 0.15) is 23.5 Å². The lowest BCUT2D eigenvalue weighted by Gasteiger charge is -2.01. The van der Waals surface area contributed by atoms with Gasteiger partial charge in [0.05, 0.1) is 17.3 Å². The van der Waals surface area contributed by atoms with E-state index < -0.39 is 0 Å². The molecule has 1 aromatic rings. The highest BCUT2D eigenvalue weighted by atomic mass is 32.1. The molecule has 0 aromatic carbocycles. The van der Waals surface area contributed by atoms with Gasteiger partial charge in [-0.3, -0.25) is 0 Å². The summed E-state index contributed by atoms with van der Waals surface area (Å²) in [6.45, 7) is 3.96. The van der Waals surface area contributed by atoms with E-state index in [1.165, 1.54) is 12.1 Å². The van der Waals surface area contributed by atoms with Gasteiger partial charge in [-0.2, -0.15) is 0 Å². The van der Waals surface area contributed by atoms with Crippen LogP contribution in [-0.4, -0.2) is 29.8 Å². The zero-order valence-corrected chi connectivity index (χ0v) is 9.44. The van der Waals surface area contributed by atoms with Gasteiger partial charge in [-0.15, -0.1) is 11.3 Å². The number of unbranched alkanes of at least 4 members (excludes halogenated alkanes) is 1. The molecular formula is C10H18N2OS. The van der Waals surface area contributed by atoms with E-state index in [1.54, 1.807) is 11.3 Å². The Balaban J connectivity index is 1.99. The molecule has 1 aromatic heterocycles. The van der Waals surface area contributed by atoms with Gasteiger partial charge in [0, 0.05) is 11.9 Å². The number of aliphatic hydroxyl groups is 1. The third-order valence-electron chi connectivity index (χ3n) is 1.99. The van der Waals surface area contributed by atoms with Crippen LogP contribution in [0.2, 0.25) is 0 Å². The van der Waals surface area contributed by atoms with Crippen LogP contribution in [0, 0.1) is 6.92 Å². The first-order chi connectivity index (χ1) is 6.83. The van der Waals surface area contributed by atoms with E-state index in [0.717, 1.165) is 24.4 Å². The summed E-state index contributed by atoms with van der Waals surface area (Å²) in [5.74, 6) is 0. The highest BCUT2D eigenvalue weighted by Gasteiger charge is 1.97. The molecular weight excluding hydrogens is 196 g/mol. The average Bonchev–Trinajstić information content (AvgIpc) is 2.58. The van der Waals surface area contributed by atoms with Gasteiger partial charge in [0.1, 0.15) is 0 Å². The Hall–Kier alpha value is -0.450. The zero-order chi connectivity index (χ0) is 10.2. The average molecular weight is 214 g/mol. The van der Waals surface area contributed by atoms with Crippen molar-refractivity contribution >= 4 is 11.3 Å². The number of rotatable bonds is 7. The van der Waals surface area contributed by atoms with Crippen molar-refractivity contribution in [2.75, 3.05) is 19.7 Å². The highest BCUT2D eigenvalue weighted by molar-refractivity contribution is 7.09.